The molecule has 0 aliphatic carbocycles. The van der Waals surface area contributed by atoms with E-state index in [1.165, 1.54) is 36.6 Å². The van der Waals surface area contributed by atoms with Gasteiger partial charge < -0.3 is 8.98 Å². The van der Waals surface area contributed by atoms with Gasteiger partial charge in [-0.25, -0.2) is 15.0 Å². The van der Waals surface area contributed by atoms with E-state index < -0.39 is 0 Å². The van der Waals surface area contributed by atoms with E-state index in [4.69, 9.17) is 19.4 Å². The van der Waals surface area contributed by atoms with Crippen molar-refractivity contribution >= 4 is 75.3 Å². The maximum absolute atomic E-state index is 6.61. The van der Waals surface area contributed by atoms with Crippen LogP contribution in [0.15, 0.2) is 186 Å². The SMILES string of the molecule is c1ccc(-c2nc(-c3ccccc3)nc(-c3cccc4sc5cccc(-c6cccc7oc8ccc(-n9c%10ccccc%10c%10ccccc%109)cc8c67)c5c34)n2)cc1. The van der Waals surface area contributed by atoms with Crippen molar-refractivity contribution < 1.29 is 4.42 Å². The molecule has 4 heterocycles. The van der Waals surface area contributed by atoms with E-state index >= 15 is 0 Å². The molecule has 12 rings (SSSR count). The predicted octanol–water partition coefficient (Wildman–Crippen LogP) is 13.9. The monoisotopic (exact) mass is 746 g/mol. The van der Waals surface area contributed by atoms with Gasteiger partial charge in [-0.1, -0.05) is 133 Å². The number of hydrogen-bond acceptors (Lipinski definition) is 5. The summed E-state index contributed by atoms with van der Waals surface area (Å²) in [6.45, 7) is 0. The highest BCUT2D eigenvalue weighted by Crippen LogP contribution is 2.47. The summed E-state index contributed by atoms with van der Waals surface area (Å²) in [5, 5.41) is 6.96. The number of fused-ring (bicyclic) bond motifs is 9. The minimum atomic E-state index is 0.643. The second-order valence-electron chi connectivity index (χ2n) is 14.3. The minimum absolute atomic E-state index is 0.643. The van der Waals surface area contributed by atoms with Crippen molar-refractivity contribution in [2.75, 3.05) is 0 Å². The van der Waals surface area contributed by atoms with Gasteiger partial charge in [0, 0.05) is 64.1 Å². The molecule has 57 heavy (non-hydrogen) atoms. The minimum Gasteiger partial charge on any atom is -0.456 e. The largest absolute Gasteiger partial charge is 0.456 e. The standard InChI is InChI=1S/C51H30N4OS/c1-3-14-31(15-4-1)49-52-50(32-16-5-2-6-17-32)54-51(53-49)38-22-13-27-45-48(38)47-37(21-12-26-44(47)57-45)36-20-11-25-43-46(36)39-30-33(28-29-42(39)56-43)55-40-23-9-7-18-34(40)35-19-8-10-24-41(35)55/h1-30H. The fourth-order valence-electron chi connectivity index (χ4n) is 8.59. The van der Waals surface area contributed by atoms with Gasteiger partial charge in [-0.15, -0.1) is 11.3 Å². The van der Waals surface area contributed by atoms with Crippen LogP contribution in [0.3, 0.4) is 0 Å². The predicted molar refractivity (Wildman–Crippen MR) is 236 cm³/mol. The molecule has 0 fully saturated rings. The summed E-state index contributed by atoms with van der Waals surface area (Å²) in [4.78, 5) is 15.3. The Kier molecular flexibility index (Phi) is 7.03. The average molecular weight is 747 g/mol. The Labute approximate surface area is 330 Å². The number of nitrogens with zero attached hydrogens (tertiary/aromatic N) is 4. The van der Waals surface area contributed by atoms with Gasteiger partial charge in [0.2, 0.25) is 0 Å². The zero-order chi connectivity index (χ0) is 37.5. The summed E-state index contributed by atoms with van der Waals surface area (Å²) in [6.07, 6.45) is 0. The lowest BCUT2D eigenvalue weighted by Crippen LogP contribution is -2.00. The third-order valence-electron chi connectivity index (χ3n) is 11.1. The normalized spacial score (nSPS) is 11.9. The Morgan fingerprint density at radius 1 is 0.386 bits per heavy atom. The molecule has 8 aromatic carbocycles. The quantitative estimate of drug-likeness (QED) is 0.176. The van der Waals surface area contributed by atoms with Crippen LogP contribution in [0.1, 0.15) is 0 Å². The molecule has 5 nitrogen and oxygen atoms in total. The Hall–Kier alpha value is -7.41. The van der Waals surface area contributed by atoms with Crippen molar-refractivity contribution in [3.63, 3.8) is 0 Å². The van der Waals surface area contributed by atoms with Crippen LogP contribution in [0.2, 0.25) is 0 Å². The van der Waals surface area contributed by atoms with E-state index in [9.17, 15) is 0 Å². The van der Waals surface area contributed by atoms with Crippen molar-refractivity contribution in [1.29, 1.82) is 0 Å². The van der Waals surface area contributed by atoms with Gasteiger partial charge in [-0.3, -0.25) is 0 Å². The first-order valence-electron chi connectivity index (χ1n) is 19.0. The maximum atomic E-state index is 6.61. The molecule has 0 saturated carbocycles. The Bertz CT molecular complexity index is 3420. The molecule has 0 radical (unpaired) electrons. The van der Waals surface area contributed by atoms with Crippen LogP contribution in [-0.4, -0.2) is 19.5 Å². The van der Waals surface area contributed by atoms with Gasteiger partial charge in [0.15, 0.2) is 17.5 Å². The van der Waals surface area contributed by atoms with Crippen molar-refractivity contribution in [3.8, 4) is 51.0 Å². The van der Waals surface area contributed by atoms with Crippen molar-refractivity contribution in [3.05, 3.63) is 182 Å². The number of hydrogen-bond donors (Lipinski definition) is 0. The van der Waals surface area contributed by atoms with Gasteiger partial charge in [0.25, 0.3) is 0 Å². The van der Waals surface area contributed by atoms with Gasteiger partial charge in [-0.05, 0) is 59.7 Å². The molecule has 0 saturated heterocycles. The number of para-hydroxylation sites is 2. The number of furan rings is 1. The molecule has 0 spiro atoms. The highest BCUT2D eigenvalue weighted by Gasteiger charge is 2.22. The number of benzene rings is 8. The molecule has 0 amide bonds. The lowest BCUT2D eigenvalue weighted by Gasteiger charge is -2.11. The molecule has 12 aromatic rings. The zero-order valence-corrected chi connectivity index (χ0v) is 31.2. The number of thiophene rings is 1. The third kappa shape index (κ3) is 4.98. The number of aromatic nitrogens is 4. The van der Waals surface area contributed by atoms with Crippen LogP contribution < -0.4 is 0 Å². The molecule has 266 valence electrons. The Morgan fingerprint density at radius 3 is 1.56 bits per heavy atom. The molecule has 0 bridgehead atoms. The molecule has 0 atom stereocenters. The lowest BCUT2D eigenvalue weighted by molar-refractivity contribution is 0.669. The fourth-order valence-corrected chi connectivity index (χ4v) is 9.74. The van der Waals surface area contributed by atoms with Crippen LogP contribution >= 0.6 is 11.3 Å². The summed E-state index contributed by atoms with van der Waals surface area (Å²) >= 11 is 1.80. The summed E-state index contributed by atoms with van der Waals surface area (Å²) in [6, 6.07) is 63.7. The van der Waals surface area contributed by atoms with Crippen LogP contribution in [0.25, 0.3) is 115 Å². The molecule has 0 aliphatic rings. The van der Waals surface area contributed by atoms with E-state index in [2.05, 4.69) is 150 Å². The Morgan fingerprint density at radius 2 is 0.912 bits per heavy atom. The van der Waals surface area contributed by atoms with Crippen LogP contribution in [0.5, 0.6) is 0 Å². The summed E-state index contributed by atoms with van der Waals surface area (Å²) in [7, 11) is 0. The van der Waals surface area contributed by atoms with Gasteiger partial charge in [0.1, 0.15) is 11.2 Å². The smallest absolute Gasteiger partial charge is 0.164 e. The van der Waals surface area contributed by atoms with Crippen molar-refractivity contribution in [2.24, 2.45) is 0 Å². The summed E-state index contributed by atoms with van der Waals surface area (Å²) in [5.74, 6) is 1.93. The molecular formula is C51H30N4OS. The highest BCUT2D eigenvalue weighted by atomic mass is 32.1. The zero-order valence-electron chi connectivity index (χ0n) is 30.4. The van der Waals surface area contributed by atoms with Gasteiger partial charge in [-0.2, -0.15) is 0 Å². The van der Waals surface area contributed by atoms with E-state index in [0.717, 1.165) is 60.8 Å². The molecular weight excluding hydrogens is 717 g/mol. The van der Waals surface area contributed by atoms with Crippen LogP contribution in [0.4, 0.5) is 0 Å². The first-order chi connectivity index (χ1) is 28.3. The van der Waals surface area contributed by atoms with Crippen molar-refractivity contribution in [2.45, 2.75) is 0 Å². The topological polar surface area (TPSA) is 56.7 Å². The van der Waals surface area contributed by atoms with Crippen LogP contribution in [-0.2, 0) is 0 Å². The highest BCUT2D eigenvalue weighted by molar-refractivity contribution is 7.26. The second-order valence-corrected chi connectivity index (χ2v) is 15.4. The second kappa shape index (κ2) is 12.6. The van der Waals surface area contributed by atoms with Crippen LogP contribution in [0, 0.1) is 0 Å². The van der Waals surface area contributed by atoms with Gasteiger partial charge >= 0.3 is 0 Å². The molecule has 6 heteroatoms. The fraction of sp³-hybridized carbons (Fsp3) is 0. The van der Waals surface area contributed by atoms with Crippen molar-refractivity contribution in [1.82, 2.24) is 19.5 Å². The first kappa shape index (κ1) is 31.9. The third-order valence-corrected chi connectivity index (χ3v) is 12.2. The molecule has 0 N–H and O–H groups in total. The first-order valence-corrected chi connectivity index (χ1v) is 19.8. The van der Waals surface area contributed by atoms with E-state index in [1.54, 1.807) is 11.3 Å². The lowest BCUT2D eigenvalue weighted by atomic mass is 9.94. The van der Waals surface area contributed by atoms with E-state index in [0.29, 0.717) is 17.5 Å². The summed E-state index contributed by atoms with van der Waals surface area (Å²) in [5.41, 5.74) is 10.3. The number of rotatable bonds is 5. The molecule has 4 aromatic heterocycles. The maximum Gasteiger partial charge on any atom is 0.164 e. The molecule has 0 unspecified atom stereocenters. The van der Waals surface area contributed by atoms with Gasteiger partial charge in [0.05, 0.1) is 11.0 Å². The van der Waals surface area contributed by atoms with E-state index in [1.807, 2.05) is 36.4 Å². The average Bonchev–Trinajstić information content (AvgIpc) is 3.96. The molecule has 0 aliphatic heterocycles. The Balaban J connectivity index is 1.11. The van der Waals surface area contributed by atoms with E-state index in [-0.39, 0.29) is 0 Å². The summed E-state index contributed by atoms with van der Waals surface area (Å²) < 4.78 is 11.4.